The van der Waals surface area contributed by atoms with Crippen molar-refractivity contribution in [3.63, 3.8) is 0 Å². The van der Waals surface area contributed by atoms with E-state index in [-0.39, 0.29) is 0 Å². The van der Waals surface area contributed by atoms with Crippen LogP contribution >= 0.6 is 0 Å². The Hall–Kier alpha value is -1.18. The average molecular weight is 233 g/mol. The van der Waals surface area contributed by atoms with E-state index in [0.29, 0.717) is 6.04 Å². The lowest BCUT2D eigenvalue weighted by atomic mass is 10.1. The van der Waals surface area contributed by atoms with Crippen LogP contribution in [0.4, 0.5) is 5.69 Å². The quantitative estimate of drug-likeness (QED) is 0.827. The summed E-state index contributed by atoms with van der Waals surface area (Å²) in [7, 11) is 0. The molecule has 2 rings (SSSR count). The molecule has 0 amide bonds. The highest BCUT2D eigenvalue weighted by Gasteiger charge is 2.22. The number of ether oxygens (including phenoxy) is 1. The third-order valence-electron chi connectivity index (χ3n) is 3.65. The molecule has 0 heterocycles. The zero-order chi connectivity index (χ0) is 12.1. The number of rotatable bonds is 5. The molecule has 17 heavy (non-hydrogen) atoms. The van der Waals surface area contributed by atoms with Gasteiger partial charge >= 0.3 is 0 Å². The predicted octanol–water partition coefficient (Wildman–Crippen LogP) is 4.08. The van der Waals surface area contributed by atoms with Crippen LogP contribution in [0.2, 0.25) is 0 Å². The van der Waals surface area contributed by atoms with Gasteiger partial charge in [0, 0.05) is 11.7 Å². The highest BCUT2D eigenvalue weighted by molar-refractivity contribution is 5.47. The monoisotopic (exact) mass is 233 g/mol. The largest absolute Gasteiger partial charge is 0.494 e. The summed E-state index contributed by atoms with van der Waals surface area (Å²) in [5.74, 6) is 1.88. The SMILES string of the molecule is CCOc1ccc(NC2CCC(CC)C2)cc1. The van der Waals surface area contributed by atoms with Crippen LogP contribution in [0.25, 0.3) is 0 Å². The first kappa shape index (κ1) is 12.3. The molecule has 0 aliphatic heterocycles. The fraction of sp³-hybridized carbons (Fsp3) is 0.600. The van der Waals surface area contributed by atoms with Gasteiger partial charge in [0.05, 0.1) is 6.61 Å². The fourth-order valence-corrected chi connectivity index (χ4v) is 2.63. The first-order chi connectivity index (χ1) is 8.31. The third kappa shape index (κ3) is 3.39. The Morgan fingerprint density at radius 1 is 1.18 bits per heavy atom. The second-order valence-corrected chi connectivity index (χ2v) is 4.89. The van der Waals surface area contributed by atoms with Crippen LogP contribution in [0.3, 0.4) is 0 Å². The van der Waals surface area contributed by atoms with Crippen molar-refractivity contribution in [1.82, 2.24) is 0 Å². The maximum absolute atomic E-state index is 5.44. The van der Waals surface area contributed by atoms with Gasteiger partial charge in [-0.05, 0) is 56.4 Å². The predicted molar refractivity (Wildman–Crippen MR) is 72.7 cm³/mol. The number of hydrogen-bond donors (Lipinski definition) is 1. The van der Waals surface area contributed by atoms with Crippen molar-refractivity contribution < 1.29 is 4.74 Å². The molecular formula is C15H23NO. The standard InChI is InChI=1S/C15H23NO/c1-3-12-5-6-14(11-12)16-13-7-9-15(10-8-13)17-4-2/h7-10,12,14,16H,3-6,11H2,1-2H3. The van der Waals surface area contributed by atoms with Gasteiger partial charge in [-0.3, -0.25) is 0 Å². The summed E-state index contributed by atoms with van der Waals surface area (Å²) in [4.78, 5) is 0. The van der Waals surface area contributed by atoms with Crippen LogP contribution in [-0.4, -0.2) is 12.6 Å². The van der Waals surface area contributed by atoms with Crippen molar-refractivity contribution in [3.05, 3.63) is 24.3 Å². The van der Waals surface area contributed by atoms with Gasteiger partial charge in [0.1, 0.15) is 5.75 Å². The highest BCUT2D eigenvalue weighted by Crippen LogP contribution is 2.30. The summed E-state index contributed by atoms with van der Waals surface area (Å²) in [6.45, 7) is 5.03. The first-order valence-electron chi connectivity index (χ1n) is 6.81. The Labute approximate surface area is 104 Å². The zero-order valence-corrected chi connectivity index (χ0v) is 10.9. The molecule has 0 bridgehead atoms. The lowest BCUT2D eigenvalue weighted by Gasteiger charge is -2.14. The minimum Gasteiger partial charge on any atom is -0.494 e. The highest BCUT2D eigenvalue weighted by atomic mass is 16.5. The van der Waals surface area contributed by atoms with E-state index in [9.17, 15) is 0 Å². The van der Waals surface area contributed by atoms with E-state index in [2.05, 4.69) is 24.4 Å². The molecule has 0 saturated heterocycles. The molecule has 1 N–H and O–H groups in total. The van der Waals surface area contributed by atoms with Crippen LogP contribution in [0.5, 0.6) is 5.75 Å². The normalized spacial score (nSPS) is 23.6. The van der Waals surface area contributed by atoms with Gasteiger partial charge < -0.3 is 10.1 Å². The smallest absolute Gasteiger partial charge is 0.119 e. The lowest BCUT2D eigenvalue weighted by molar-refractivity contribution is 0.340. The van der Waals surface area contributed by atoms with Gasteiger partial charge in [0.2, 0.25) is 0 Å². The molecule has 2 nitrogen and oxygen atoms in total. The van der Waals surface area contributed by atoms with Crippen molar-refractivity contribution in [2.45, 2.75) is 45.6 Å². The summed E-state index contributed by atoms with van der Waals surface area (Å²) < 4.78 is 5.44. The average Bonchev–Trinajstić information content (AvgIpc) is 2.80. The van der Waals surface area contributed by atoms with Gasteiger partial charge in [0.25, 0.3) is 0 Å². The van der Waals surface area contributed by atoms with E-state index in [1.54, 1.807) is 0 Å². The maximum atomic E-state index is 5.44. The van der Waals surface area contributed by atoms with Crippen LogP contribution in [0, 0.1) is 5.92 Å². The van der Waals surface area contributed by atoms with Crippen molar-refractivity contribution in [2.75, 3.05) is 11.9 Å². The second-order valence-electron chi connectivity index (χ2n) is 4.89. The van der Waals surface area contributed by atoms with E-state index in [0.717, 1.165) is 18.3 Å². The Morgan fingerprint density at radius 2 is 1.94 bits per heavy atom. The van der Waals surface area contributed by atoms with Gasteiger partial charge in [0.15, 0.2) is 0 Å². The Kier molecular flexibility index (Phi) is 4.29. The van der Waals surface area contributed by atoms with E-state index >= 15 is 0 Å². The molecule has 2 atom stereocenters. The molecule has 1 aliphatic rings. The number of nitrogens with one attached hydrogen (secondary N) is 1. The van der Waals surface area contributed by atoms with Crippen LogP contribution in [0.1, 0.15) is 39.5 Å². The van der Waals surface area contributed by atoms with Gasteiger partial charge in [-0.1, -0.05) is 13.3 Å². The van der Waals surface area contributed by atoms with Crippen LogP contribution in [0.15, 0.2) is 24.3 Å². The summed E-state index contributed by atoms with van der Waals surface area (Å²) in [6, 6.07) is 8.97. The van der Waals surface area contributed by atoms with Gasteiger partial charge in [-0.25, -0.2) is 0 Å². The molecule has 0 spiro atoms. The number of anilines is 1. The Balaban J connectivity index is 1.86. The molecular weight excluding hydrogens is 210 g/mol. The van der Waals surface area contributed by atoms with E-state index in [4.69, 9.17) is 4.74 Å². The Morgan fingerprint density at radius 3 is 2.53 bits per heavy atom. The van der Waals surface area contributed by atoms with Gasteiger partial charge in [-0.15, -0.1) is 0 Å². The topological polar surface area (TPSA) is 21.3 Å². The molecule has 0 radical (unpaired) electrons. The van der Waals surface area contributed by atoms with E-state index in [1.165, 1.54) is 31.4 Å². The lowest BCUT2D eigenvalue weighted by Crippen LogP contribution is -2.15. The molecule has 2 unspecified atom stereocenters. The molecule has 1 aromatic rings. The fourth-order valence-electron chi connectivity index (χ4n) is 2.63. The van der Waals surface area contributed by atoms with Crippen LogP contribution < -0.4 is 10.1 Å². The summed E-state index contributed by atoms with van der Waals surface area (Å²) in [5.41, 5.74) is 1.22. The second kappa shape index (κ2) is 5.95. The molecule has 2 heteroatoms. The molecule has 1 fully saturated rings. The summed E-state index contributed by atoms with van der Waals surface area (Å²) >= 11 is 0. The molecule has 1 saturated carbocycles. The minimum atomic E-state index is 0.665. The summed E-state index contributed by atoms with van der Waals surface area (Å²) in [6.07, 6.45) is 5.34. The number of benzene rings is 1. The van der Waals surface area contributed by atoms with Crippen molar-refractivity contribution >= 4 is 5.69 Å². The molecule has 1 aromatic carbocycles. The Bertz CT molecular complexity index is 333. The van der Waals surface area contributed by atoms with E-state index in [1.807, 2.05) is 19.1 Å². The first-order valence-corrected chi connectivity index (χ1v) is 6.81. The summed E-state index contributed by atoms with van der Waals surface area (Å²) in [5, 5.41) is 3.62. The van der Waals surface area contributed by atoms with Crippen molar-refractivity contribution in [2.24, 2.45) is 5.92 Å². The zero-order valence-electron chi connectivity index (χ0n) is 10.9. The maximum Gasteiger partial charge on any atom is 0.119 e. The molecule has 94 valence electrons. The number of hydrogen-bond acceptors (Lipinski definition) is 2. The van der Waals surface area contributed by atoms with Crippen molar-refractivity contribution in [3.8, 4) is 5.75 Å². The van der Waals surface area contributed by atoms with Crippen LogP contribution in [-0.2, 0) is 0 Å². The van der Waals surface area contributed by atoms with Crippen molar-refractivity contribution in [1.29, 1.82) is 0 Å². The minimum absolute atomic E-state index is 0.665. The van der Waals surface area contributed by atoms with Gasteiger partial charge in [-0.2, -0.15) is 0 Å². The van der Waals surface area contributed by atoms with E-state index < -0.39 is 0 Å². The molecule has 1 aliphatic carbocycles. The third-order valence-corrected chi connectivity index (χ3v) is 3.65. The molecule has 0 aromatic heterocycles.